The molecule has 1 N–H and O–H groups in total. The maximum Gasteiger partial charge on any atom is 0.327 e. The second-order valence-corrected chi connectivity index (χ2v) is 6.02. The SMILES string of the molecule is CCC(C(=O)O)N(c1cccc(C)c1)S(C)(=O)=O. The minimum absolute atomic E-state index is 0.205. The second-order valence-electron chi connectivity index (χ2n) is 4.16. The van der Waals surface area contributed by atoms with Gasteiger partial charge in [-0.15, -0.1) is 0 Å². The van der Waals surface area contributed by atoms with E-state index in [-0.39, 0.29) is 6.42 Å². The van der Waals surface area contributed by atoms with E-state index in [0.717, 1.165) is 16.1 Å². The summed E-state index contributed by atoms with van der Waals surface area (Å²) in [7, 11) is -3.64. The molecule has 0 spiro atoms. The Morgan fingerprint density at radius 3 is 2.44 bits per heavy atom. The number of hydrogen-bond donors (Lipinski definition) is 1. The lowest BCUT2D eigenvalue weighted by Gasteiger charge is -2.28. The molecule has 5 nitrogen and oxygen atoms in total. The van der Waals surface area contributed by atoms with Gasteiger partial charge in [-0.05, 0) is 31.0 Å². The molecule has 1 aromatic carbocycles. The summed E-state index contributed by atoms with van der Waals surface area (Å²) < 4.78 is 24.6. The van der Waals surface area contributed by atoms with E-state index < -0.39 is 22.0 Å². The maximum atomic E-state index is 11.8. The molecule has 0 bridgehead atoms. The fourth-order valence-electron chi connectivity index (χ4n) is 1.81. The Hall–Kier alpha value is -1.56. The summed E-state index contributed by atoms with van der Waals surface area (Å²) in [4.78, 5) is 11.2. The van der Waals surface area contributed by atoms with Gasteiger partial charge < -0.3 is 5.11 Å². The average Bonchev–Trinajstić information content (AvgIpc) is 2.23. The Bertz CT molecular complexity index is 539. The highest BCUT2D eigenvalue weighted by Gasteiger charge is 2.31. The van der Waals surface area contributed by atoms with Gasteiger partial charge in [-0.3, -0.25) is 4.31 Å². The predicted octanol–water partition coefficient (Wildman–Crippen LogP) is 1.62. The van der Waals surface area contributed by atoms with Crippen molar-refractivity contribution < 1.29 is 18.3 Å². The van der Waals surface area contributed by atoms with Crippen molar-refractivity contribution in [2.24, 2.45) is 0 Å². The van der Waals surface area contributed by atoms with Crippen LogP contribution < -0.4 is 4.31 Å². The first kappa shape index (κ1) is 14.5. The van der Waals surface area contributed by atoms with Crippen LogP contribution in [0.3, 0.4) is 0 Å². The van der Waals surface area contributed by atoms with Crippen molar-refractivity contribution in [1.29, 1.82) is 0 Å². The predicted molar refractivity (Wildman–Crippen MR) is 70.2 cm³/mol. The number of anilines is 1. The van der Waals surface area contributed by atoms with Gasteiger partial charge in [-0.2, -0.15) is 0 Å². The number of sulfonamides is 1. The van der Waals surface area contributed by atoms with Gasteiger partial charge in [0.15, 0.2) is 0 Å². The fourth-order valence-corrected chi connectivity index (χ4v) is 3.01. The lowest BCUT2D eigenvalue weighted by atomic mass is 10.2. The van der Waals surface area contributed by atoms with Gasteiger partial charge in [0.05, 0.1) is 11.9 Å². The molecule has 0 amide bonds. The molecule has 0 aliphatic heterocycles. The minimum Gasteiger partial charge on any atom is -0.480 e. The van der Waals surface area contributed by atoms with Crippen molar-refractivity contribution in [3.63, 3.8) is 0 Å². The number of carbonyl (C=O) groups is 1. The first-order chi connectivity index (χ1) is 8.27. The highest BCUT2D eigenvalue weighted by Crippen LogP contribution is 2.23. The molecule has 0 heterocycles. The molecule has 0 aromatic heterocycles. The Balaban J connectivity index is 3.35. The van der Waals surface area contributed by atoms with Crippen molar-refractivity contribution in [3.8, 4) is 0 Å². The van der Waals surface area contributed by atoms with Gasteiger partial charge in [-0.25, -0.2) is 13.2 Å². The van der Waals surface area contributed by atoms with E-state index in [4.69, 9.17) is 5.11 Å². The Morgan fingerprint density at radius 2 is 2.06 bits per heavy atom. The highest BCUT2D eigenvalue weighted by atomic mass is 32.2. The standard InChI is InChI=1S/C12H17NO4S/c1-4-11(12(14)15)13(18(3,16)17)10-7-5-6-9(2)8-10/h5-8,11H,4H2,1-3H3,(H,14,15). The van der Waals surface area contributed by atoms with Gasteiger partial charge in [0.1, 0.15) is 6.04 Å². The number of carboxylic acids is 1. The van der Waals surface area contributed by atoms with Crippen molar-refractivity contribution in [2.45, 2.75) is 26.3 Å². The zero-order valence-electron chi connectivity index (χ0n) is 10.6. The van der Waals surface area contributed by atoms with E-state index in [0.29, 0.717) is 5.69 Å². The number of carboxylic acid groups (broad SMARTS) is 1. The third-order valence-corrected chi connectivity index (χ3v) is 3.75. The molecule has 0 saturated heterocycles. The molecule has 0 fully saturated rings. The quantitative estimate of drug-likeness (QED) is 0.883. The molecule has 0 saturated carbocycles. The molecule has 1 atom stereocenters. The number of rotatable bonds is 5. The number of nitrogens with zero attached hydrogens (tertiary/aromatic N) is 1. The molecule has 18 heavy (non-hydrogen) atoms. The Morgan fingerprint density at radius 1 is 1.44 bits per heavy atom. The molecular weight excluding hydrogens is 254 g/mol. The molecule has 0 aliphatic rings. The normalized spacial score (nSPS) is 13.1. The molecular formula is C12H17NO4S. The number of benzene rings is 1. The Kier molecular flexibility index (Phi) is 4.34. The van der Waals surface area contributed by atoms with Crippen LogP contribution in [0.4, 0.5) is 5.69 Å². The lowest BCUT2D eigenvalue weighted by molar-refractivity contribution is -0.138. The molecule has 1 unspecified atom stereocenters. The summed E-state index contributed by atoms with van der Waals surface area (Å²) in [6.45, 7) is 3.47. The topological polar surface area (TPSA) is 74.7 Å². The molecule has 100 valence electrons. The van der Waals surface area contributed by atoms with Crippen molar-refractivity contribution in [3.05, 3.63) is 29.8 Å². The lowest BCUT2D eigenvalue weighted by Crippen LogP contribution is -2.44. The second kappa shape index (κ2) is 5.39. The summed E-state index contributed by atoms with van der Waals surface area (Å²) >= 11 is 0. The monoisotopic (exact) mass is 271 g/mol. The van der Waals surface area contributed by atoms with E-state index in [1.54, 1.807) is 25.1 Å². The number of aliphatic carboxylic acids is 1. The maximum absolute atomic E-state index is 11.8. The first-order valence-corrected chi connectivity index (χ1v) is 7.41. The van der Waals surface area contributed by atoms with Crippen LogP contribution in [0.1, 0.15) is 18.9 Å². The molecule has 6 heteroatoms. The van der Waals surface area contributed by atoms with Crippen LogP contribution in [-0.2, 0) is 14.8 Å². The molecule has 1 rings (SSSR count). The van der Waals surface area contributed by atoms with Crippen LogP contribution in [0.15, 0.2) is 24.3 Å². The highest BCUT2D eigenvalue weighted by molar-refractivity contribution is 7.92. The molecule has 0 radical (unpaired) electrons. The van der Waals surface area contributed by atoms with E-state index >= 15 is 0 Å². The van der Waals surface area contributed by atoms with Crippen LogP contribution in [0, 0.1) is 6.92 Å². The third kappa shape index (κ3) is 3.22. The zero-order chi connectivity index (χ0) is 13.9. The average molecular weight is 271 g/mol. The zero-order valence-corrected chi connectivity index (χ0v) is 11.4. The van der Waals surface area contributed by atoms with Crippen LogP contribution in [0.25, 0.3) is 0 Å². The van der Waals surface area contributed by atoms with Crippen molar-refractivity contribution >= 4 is 21.7 Å². The summed E-state index contributed by atoms with van der Waals surface area (Å²) in [5, 5.41) is 9.13. The third-order valence-electron chi connectivity index (χ3n) is 2.57. The van der Waals surface area contributed by atoms with Crippen LogP contribution in [0.2, 0.25) is 0 Å². The minimum atomic E-state index is -3.64. The summed E-state index contributed by atoms with van der Waals surface area (Å²) in [6, 6.07) is 5.71. The van der Waals surface area contributed by atoms with Gasteiger partial charge in [-0.1, -0.05) is 19.1 Å². The number of hydrogen-bond acceptors (Lipinski definition) is 3. The smallest absolute Gasteiger partial charge is 0.327 e. The van der Waals surface area contributed by atoms with E-state index in [1.807, 2.05) is 13.0 Å². The first-order valence-electron chi connectivity index (χ1n) is 5.56. The van der Waals surface area contributed by atoms with Crippen LogP contribution in [0.5, 0.6) is 0 Å². The summed E-state index contributed by atoms with van der Waals surface area (Å²) in [6.07, 6.45) is 1.22. The van der Waals surface area contributed by atoms with Crippen molar-refractivity contribution in [1.82, 2.24) is 0 Å². The summed E-state index contributed by atoms with van der Waals surface area (Å²) in [5.74, 6) is -1.15. The van der Waals surface area contributed by atoms with E-state index in [9.17, 15) is 13.2 Å². The van der Waals surface area contributed by atoms with Gasteiger partial charge in [0.25, 0.3) is 0 Å². The summed E-state index contributed by atoms with van der Waals surface area (Å²) in [5.41, 5.74) is 1.26. The number of aryl methyl sites for hydroxylation is 1. The van der Waals surface area contributed by atoms with Crippen LogP contribution >= 0.6 is 0 Å². The Labute approximate surface area is 107 Å². The molecule has 0 aliphatic carbocycles. The van der Waals surface area contributed by atoms with Gasteiger partial charge in [0.2, 0.25) is 10.0 Å². The molecule has 1 aromatic rings. The van der Waals surface area contributed by atoms with E-state index in [1.165, 1.54) is 0 Å². The van der Waals surface area contributed by atoms with Crippen LogP contribution in [-0.4, -0.2) is 31.8 Å². The van der Waals surface area contributed by atoms with Gasteiger partial charge >= 0.3 is 5.97 Å². The van der Waals surface area contributed by atoms with E-state index in [2.05, 4.69) is 0 Å². The fraction of sp³-hybridized carbons (Fsp3) is 0.417. The van der Waals surface area contributed by atoms with Crippen molar-refractivity contribution in [2.75, 3.05) is 10.6 Å². The largest absolute Gasteiger partial charge is 0.480 e. The van der Waals surface area contributed by atoms with Gasteiger partial charge in [0, 0.05) is 0 Å².